The van der Waals surface area contributed by atoms with Gasteiger partial charge >= 0.3 is 0 Å². The van der Waals surface area contributed by atoms with Crippen molar-refractivity contribution >= 4 is 35.0 Å². The van der Waals surface area contributed by atoms with Crippen molar-refractivity contribution in [1.82, 2.24) is 4.90 Å². The fourth-order valence-corrected chi connectivity index (χ4v) is 6.54. The number of benzene rings is 2. The molecule has 2 aromatic rings. The molecule has 2 aromatic carbocycles. The Morgan fingerprint density at radius 2 is 1.48 bits per heavy atom. The Morgan fingerprint density at radius 1 is 0.939 bits per heavy atom. The van der Waals surface area contributed by atoms with Crippen molar-refractivity contribution in [1.29, 1.82) is 0 Å². The normalized spacial score (nSPS) is 30.9. The van der Waals surface area contributed by atoms with Crippen molar-refractivity contribution in [2.24, 2.45) is 35.5 Å². The third-order valence-corrected chi connectivity index (χ3v) is 8.14. The Hall–Kier alpha value is -2.92. The van der Waals surface area contributed by atoms with Gasteiger partial charge in [-0.25, -0.2) is 0 Å². The number of amides is 3. The molecule has 3 fully saturated rings. The second-order valence-electron chi connectivity index (χ2n) is 9.99. The maximum Gasteiger partial charge on any atom is 0.259 e. The van der Waals surface area contributed by atoms with Crippen LogP contribution in [-0.4, -0.2) is 29.3 Å². The van der Waals surface area contributed by atoms with Crippen LogP contribution in [0.5, 0.6) is 0 Å². The van der Waals surface area contributed by atoms with Crippen molar-refractivity contribution in [3.63, 3.8) is 0 Å². The molecule has 2 bridgehead atoms. The molecule has 6 heteroatoms. The number of allylic oxidation sites excluding steroid dienone is 2. The lowest BCUT2D eigenvalue weighted by Crippen LogP contribution is -2.45. The number of aryl methyl sites for hydroxylation is 2. The maximum atomic E-state index is 13.6. The van der Waals surface area contributed by atoms with E-state index in [0.29, 0.717) is 28.1 Å². The van der Waals surface area contributed by atoms with Crippen LogP contribution >= 0.6 is 11.6 Å². The second kappa shape index (κ2) is 7.29. The summed E-state index contributed by atoms with van der Waals surface area (Å²) in [6, 6.07) is 12.6. The molecule has 2 saturated carbocycles. The number of halogens is 1. The molecule has 6 unspecified atom stereocenters. The summed E-state index contributed by atoms with van der Waals surface area (Å²) in [5, 5.41) is 0.542. The predicted octanol–water partition coefficient (Wildman–Crippen LogP) is 4.61. The first kappa shape index (κ1) is 20.7. The van der Waals surface area contributed by atoms with Crippen LogP contribution in [0.2, 0.25) is 5.02 Å². The lowest BCUT2D eigenvalue weighted by atomic mass is 9.63. The molecule has 33 heavy (non-hydrogen) atoms. The van der Waals surface area contributed by atoms with Crippen LogP contribution < -0.4 is 4.90 Å². The molecule has 3 amide bonds. The molecule has 0 spiro atoms. The summed E-state index contributed by atoms with van der Waals surface area (Å²) in [7, 11) is 0. The van der Waals surface area contributed by atoms with E-state index >= 15 is 0 Å². The molecule has 7 rings (SSSR count). The SMILES string of the molecule is Cc1cc(C)cc(N(CN2C(=O)C3C4C=CC(C5CC45)C3C2=O)C(=O)c2ccc(Cl)cc2)c1. The Bertz CT molecular complexity index is 1160. The predicted molar refractivity (Wildman–Crippen MR) is 126 cm³/mol. The molecular weight excluding hydrogens is 436 g/mol. The standard InChI is InChI=1S/C27H25ClN2O3/c1-14-9-15(2)11-18(10-14)29(25(31)16-3-5-17(28)6-4-16)13-30-26(32)23-19-7-8-20(22-12-21(19)22)24(23)27(30)33/h3-11,19-24H,12-13H2,1-2H3. The summed E-state index contributed by atoms with van der Waals surface area (Å²) in [4.78, 5) is 43.5. The van der Waals surface area contributed by atoms with E-state index in [4.69, 9.17) is 11.6 Å². The van der Waals surface area contributed by atoms with Gasteiger partial charge in [-0.3, -0.25) is 24.2 Å². The van der Waals surface area contributed by atoms with Crippen LogP contribution in [0.25, 0.3) is 0 Å². The number of hydrogen-bond donors (Lipinski definition) is 0. The maximum absolute atomic E-state index is 13.6. The number of carbonyl (C=O) groups excluding carboxylic acids is 3. The number of likely N-dealkylation sites (tertiary alicyclic amines) is 1. The van der Waals surface area contributed by atoms with Gasteiger partial charge in [-0.05, 0) is 91.5 Å². The highest BCUT2D eigenvalue weighted by atomic mass is 35.5. The van der Waals surface area contributed by atoms with Gasteiger partial charge in [0.05, 0.1) is 11.8 Å². The third kappa shape index (κ3) is 3.17. The van der Waals surface area contributed by atoms with E-state index in [9.17, 15) is 14.4 Å². The first-order valence-corrected chi connectivity index (χ1v) is 11.9. The number of anilines is 1. The zero-order chi connectivity index (χ0) is 23.0. The van der Waals surface area contributed by atoms with E-state index in [2.05, 4.69) is 12.2 Å². The van der Waals surface area contributed by atoms with Crippen LogP contribution in [0.1, 0.15) is 27.9 Å². The van der Waals surface area contributed by atoms with Gasteiger partial charge in [0.25, 0.3) is 5.91 Å². The van der Waals surface area contributed by atoms with Crippen molar-refractivity contribution in [2.45, 2.75) is 20.3 Å². The lowest BCUT2D eigenvalue weighted by molar-refractivity contribution is -0.140. The molecular formula is C27H25ClN2O3. The molecule has 168 valence electrons. The fraction of sp³-hybridized carbons (Fsp3) is 0.370. The van der Waals surface area contributed by atoms with Gasteiger partial charge in [0, 0.05) is 16.3 Å². The van der Waals surface area contributed by atoms with Crippen molar-refractivity contribution in [3.05, 3.63) is 76.3 Å². The topological polar surface area (TPSA) is 57.7 Å². The van der Waals surface area contributed by atoms with Crippen LogP contribution in [0.4, 0.5) is 5.69 Å². The second-order valence-corrected chi connectivity index (χ2v) is 10.4. The quantitative estimate of drug-likeness (QED) is 0.494. The largest absolute Gasteiger partial charge is 0.290 e. The fourth-order valence-electron chi connectivity index (χ4n) is 6.42. The molecule has 5 nitrogen and oxygen atoms in total. The minimum atomic E-state index is -0.275. The van der Waals surface area contributed by atoms with Gasteiger partial charge in [0.15, 0.2) is 0 Å². The third-order valence-electron chi connectivity index (χ3n) is 7.89. The molecule has 6 atom stereocenters. The number of nitrogens with zero attached hydrogens (tertiary/aromatic N) is 2. The summed E-state index contributed by atoms with van der Waals surface area (Å²) in [6.45, 7) is 3.86. The molecule has 1 heterocycles. The van der Waals surface area contributed by atoms with E-state index < -0.39 is 0 Å². The van der Waals surface area contributed by atoms with Crippen LogP contribution in [0.3, 0.4) is 0 Å². The molecule has 4 aliphatic carbocycles. The van der Waals surface area contributed by atoms with E-state index in [-0.39, 0.29) is 48.1 Å². The first-order chi connectivity index (χ1) is 15.8. The minimum absolute atomic E-state index is 0.0796. The van der Waals surface area contributed by atoms with Gasteiger partial charge in [-0.2, -0.15) is 0 Å². The molecule has 0 radical (unpaired) electrons. The van der Waals surface area contributed by atoms with Crippen molar-refractivity contribution in [2.75, 3.05) is 11.6 Å². The number of carbonyl (C=O) groups is 3. The minimum Gasteiger partial charge on any atom is -0.290 e. The zero-order valence-electron chi connectivity index (χ0n) is 18.6. The Kier molecular flexibility index (Phi) is 4.57. The van der Waals surface area contributed by atoms with Crippen molar-refractivity contribution < 1.29 is 14.4 Å². The monoisotopic (exact) mass is 460 g/mol. The molecule has 1 aliphatic heterocycles. The highest BCUT2D eigenvalue weighted by Gasteiger charge is 2.67. The molecule has 1 saturated heterocycles. The van der Waals surface area contributed by atoms with Gasteiger partial charge in [0.1, 0.15) is 6.67 Å². The smallest absolute Gasteiger partial charge is 0.259 e. The Labute approximate surface area is 198 Å². The average Bonchev–Trinajstić information content (AvgIpc) is 3.57. The molecule has 0 aromatic heterocycles. The van der Waals surface area contributed by atoms with Crippen LogP contribution in [0.15, 0.2) is 54.6 Å². The summed E-state index contributed by atoms with van der Waals surface area (Å²) >= 11 is 6.02. The van der Waals surface area contributed by atoms with E-state index in [1.165, 1.54) is 4.90 Å². The Balaban J connectivity index is 1.36. The average molecular weight is 461 g/mol. The van der Waals surface area contributed by atoms with Gasteiger partial charge < -0.3 is 0 Å². The Morgan fingerprint density at radius 3 is 2.03 bits per heavy atom. The van der Waals surface area contributed by atoms with Gasteiger partial charge in [-0.15, -0.1) is 0 Å². The number of imide groups is 1. The lowest BCUT2D eigenvalue weighted by Gasteiger charge is -2.37. The first-order valence-electron chi connectivity index (χ1n) is 11.5. The summed E-state index contributed by atoms with van der Waals surface area (Å²) in [5.41, 5.74) is 3.15. The highest BCUT2D eigenvalue weighted by molar-refractivity contribution is 6.30. The molecule has 5 aliphatic rings. The van der Waals surface area contributed by atoms with E-state index in [0.717, 1.165) is 17.5 Å². The number of hydrogen-bond acceptors (Lipinski definition) is 3. The summed E-state index contributed by atoms with van der Waals surface area (Å²) in [6.07, 6.45) is 5.45. The van der Waals surface area contributed by atoms with Crippen LogP contribution in [0, 0.1) is 49.4 Å². The summed E-state index contributed by atoms with van der Waals surface area (Å²) < 4.78 is 0. The van der Waals surface area contributed by atoms with Gasteiger partial charge in [-0.1, -0.05) is 29.8 Å². The summed E-state index contributed by atoms with van der Waals surface area (Å²) in [5.74, 6) is 0.331. The van der Waals surface area contributed by atoms with Crippen LogP contribution in [-0.2, 0) is 9.59 Å². The molecule has 0 N–H and O–H groups in total. The highest BCUT2D eigenvalue weighted by Crippen LogP contribution is 2.65. The zero-order valence-corrected chi connectivity index (χ0v) is 19.3. The van der Waals surface area contributed by atoms with E-state index in [1.54, 1.807) is 29.2 Å². The van der Waals surface area contributed by atoms with Gasteiger partial charge in [0.2, 0.25) is 11.8 Å². The van der Waals surface area contributed by atoms with Crippen molar-refractivity contribution in [3.8, 4) is 0 Å². The number of rotatable bonds is 4. The van der Waals surface area contributed by atoms with E-state index in [1.807, 2.05) is 32.0 Å².